The lowest BCUT2D eigenvalue weighted by molar-refractivity contribution is -0.0498. The number of ether oxygens (including phenoxy) is 1. The second-order valence-electron chi connectivity index (χ2n) is 6.57. The monoisotopic (exact) mass is 379 g/mol. The number of nitrogens with one attached hydrogen (secondary N) is 1. The van der Waals surface area contributed by atoms with Gasteiger partial charge in [-0.15, -0.1) is 0 Å². The summed E-state index contributed by atoms with van der Waals surface area (Å²) in [4.78, 5) is 17.3. The maximum Gasteiger partial charge on any atom is 0.387 e. The third-order valence-corrected chi connectivity index (χ3v) is 6.00. The van der Waals surface area contributed by atoms with Crippen molar-refractivity contribution in [1.82, 2.24) is 9.78 Å². The van der Waals surface area contributed by atoms with Crippen LogP contribution in [0.25, 0.3) is 0 Å². The highest BCUT2D eigenvalue weighted by atomic mass is 32.2. The molecular weight excluding hydrogens is 360 g/mol. The average Bonchev–Trinajstić information content (AvgIpc) is 3.22. The zero-order chi connectivity index (χ0) is 18.3. The molecule has 2 heterocycles. The minimum Gasteiger partial charge on any atom is -0.435 e. The lowest BCUT2D eigenvalue weighted by atomic mass is 10.1. The number of benzene rings is 1. The van der Waals surface area contributed by atoms with Gasteiger partial charge in [-0.05, 0) is 37.5 Å². The van der Waals surface area contributed by atoms with Crippen LogP contribution in [0.3, 0.4) is 0 Å². The Hall–Kier alpha value is -2.09. The van der Waals surface area contributed by atoms with Crippen molar-refractivity contribution in [2.45, 2.75) is 50.5 Å². The third kappa shape index (κ3) is 3.18. The summed E-state index contributed by atoms with van der Waals surface area (Å²) in [5.41, 5.74) is 1.17. The molecule has 0 saturated heterocycles. The Labute approximate surface area is 153 Å². The Morgan fingerprint density at radius 1 is 1.35 bits per heavy atom. The van der Waals surface area contributed by atoms with Gasteiger partial charge in [0.1, 0.15) is 5.75 Å². The van der Waals surface area contributed by atoms with E-state index < -0.39 is 6.61 Å². The number of H-pyrrole nitrogens is 1. The van der Waals surface area contributed by atoms with Gasteiger partial charge in [0.2, 0.25) is 0 Å². The molecule has 0 amide bonds. The van der Waals surface area contributed by atoms with Crippen molar-refractivity contribution >= 4 is 22.6 Å². The van der Waals surface area contributed by atoms with Crippen molar-refractivity contribution in [1.29, 1.82) is 0 Å². The fourth-order valence-corrected chi connectivity index (χ4v) is 4.82. The van der Waals surface area contributed by atoms with Crippen LogP contribution in [0, 0.1) is 0 Å². The number of hydrogen-bond acceptors (Lipinski definition) is 4. The van der Waals surface area contributed by atoms with E-state index in [2.05, 4.69) is 14.8 Å². The van der Waals surface area contributed by atoms with Crippen molar-refractivity contribution < 1.29 is 13.5 Å². The quantitative estimate of drug-likeness (QED) is 0.832. The Kier molecular flexibility index (Phi) is 4.60. The van der Waals surface area contributed by atoms with Gasteiger partial charge in [-0.1, -0.05) is 36.7 Å². The number of aromatic nitrogens is 2. The maximum absolute atomic E-state index is 12.7. The first-order valence-corrected chi connectivity index (χ1v) is 9.52. The molecule has 1 aliphatic carbocycles. The van der Waals surface area contributed by atoms with Crippen LogP contribution < -0.4 is 10.3 Å². The van der Waals surface area contributed by atoms with Crippen LogP contribution in [0.5, 0.6) is 5.75 Å². The van der Waals surface area contributed by atoms with E-state index in [4.69, 9.17) is 0 Å². The first kappa shape index (κ1) is 17.3. The number of aromatic amines is 1. The minimum atomic E-state index is -2.88. The Morgan fingerprint density at radius 3 is 2.85 bits per heavy atom. The van der Waals surface area contributed by atoms with Crippen molar-refractivity contribution in [2.24, 2.45) is 4.99 Å². The van der Waals surface area contributed by atoms with Gasteiger partial charge in [0.25, 0.3) is 5.56 Å². The number of rotatable bonds is 4. The molecule has 26 heavy (non-hydrogen) atoms. The van der Waals surface area contributed by atoms with Crippen LogP contribution in [0.2, 0.25) is 0 Å². The van der Waals surface area contributed by atoms with Crippen LogP contribution in [0.15, 0.2) is 34.1 Å². The van der Waals surface area contributed by atoms with E-state index in [0.29, 0.717) is 11.4 Å². The fraction of sp³-hybridized carbons (Fsp3) is 0.444. The summed E-state index contributed by atoms with van der Waals surface area (Å²) < 4.78 is 31.5. The fourth-order valence-electron chi connectivity index (χ4n) is 3.72. The molecule has 1 aromatic heterocycles. The van der Waals surface area contributed by atoms with Crippen LogP contribution in [0.4, 0.5) is 14.6 Å². The smallest absolute Gasteiger partial charge is 0.387 e. The lowest BCUT2D eigenvalue weighted by Crippen LogP contribution is -2.14. The Balaban J connectivity index is 1.77. The second-order valence-corrected chi connectivity index (χ2v) is 7.86. The number of alkyl halides is 2. The van der Waals surface area contributed by atoms with Crippen molar-refractivity contribution in [3.63, 3.8) is 0 Å². The predicted molar refractivity (Wildman–Crippen MR) is 97.8 cm³/mol. The molecule has 1 aliphatic heterocycles. The first-order valence-electron chi connectivity index (χ1n) is 8.64. The first-order chi connectivity index (χ1) is 12.5. The molecule has 0 bridgehead atoms. The third-order valence-electron chi connectivity index (χ3n) is 4.83. The molecule has 4 rings (SSSR count). The number of nitrogens with zero attached hydrogens (tertiary/aromatic N) is 2. The van der Waals surface area contributed by atoms with E-state index in [1.807, 2.05) is 17.7 Å². The maximum atomic E-state index is 12.7. The summed E-state index contributed by atoms with van der Waals surface area (Å²) >= 11 is 1.45. The number of thioether (sulfide) groups is 1. The van der Waals surface area contributed by atoms with Crippen molar-refractivity contribution in [3.05, 3.63) is 45.7 Å². The van der Waals surface area contributed by atoms with Gasteiger partial charge in [0, 0.05) is 0 Å². The van der Waals surface area contributed by atoms with Gasteiger partial charge in [-0.2, -0.15) is 8.78 Å². The zero-order valence-corrected chi connectivity index (χ0v) is 15.1. The molecule has 0 spiro atoms. The van der Waals surface area contributed by atoms with Gasteiger partial charge in [-0.25, -0.2) is 4.99 Å². The Bertz CT molecular complexity index is 900. The highest BCUT2D eigenvalue weighted by molar-refractivity contribution is 8.14. The molecule has 2 aliphatic rings. The van der Waals surface area contributed by atoms with Gasteiger partial charge in [-0.3, -0.25) is 14.6 Å². The van der Waals surface area contributed by atoms with E-state index in [1.165, 1.54) is 17.8 Å². The summed E-state index contributed by atoms with van der Waals surface area (Å²) in [6, 6.07) is 6.80. The number of fused-ring (bicyclic) bond motifs is 1. The average molecular weight is 379 g/mol. The van der Waals surface area contributed by atoms with E-state index >= 15 is 0 Å². The van der Waals surface area contributed by atoms with Crippen LogP contribution in [-0.2, 0) is 0 Å². The molecule has 1 aromatic carbocycles. The summed E-state index contributed by atoms with van der Waals surface area (Å²) in [5, 5.41) is 3.50. The molecule has 1 saturated carbocycles. The van der Waals surface area contributed by atoms with Crippen LogP contribution in [-0.4, -0.2) is 21.4 Å². The van der Waals surface area contributed by atoms with Crippen LogP contribution >= 0.6 is 11.8 Å². The largest absolute Gasteiger partial charge is 0.435 e. The summed E-state index contributed by atoms with van der Waals surface area (Å²) in [7, 11) is 0. The molecule has 1 N–H and O–H groups in total. The lowest BCUT2D eigenvalue weighted by Gasteiger charge is -2.22. The highest BCUT2D eigenvalue weighted by Gasteiger charge is 2.32. The van der Waals surface area contributed by atoms with Crippen LogP contribution in [0.1, 0.15) is 55.0 Å². The minimum absolute atomic E-state index is 0.0893. The van der Waals surface area contributed by atoms with Gasteiger partial charge >= 0.3 is 6.61 Å². The van der Waals surface area contributed by atoms with E-state index in [9.17, 15) is 13.6 Å². The van der Waals surface area contributed by atoms with E-state index in [0.717, 1.165) is 36.3 Å². The van der Waals surface area contributed by atoms with Gasteiger partial charge < -0.3 is 4.74 Å². The predicted octanol–water partition coefficient (Wildman–Crippen LogP) is 4.78. The number of hydrogen-bond donors (Lipinski definition) is 1. The number of aliphatic imine (C=N–C) groups is 1. The van der Waals surface area contributed by atoms with E-state index in [1.54, 1.807) is 12.1 Å². The summed E-state index contributed by atoms with van der Waals surface area (Å²) in [6.45, 7) is -0.980. The number of halogens is 2. The molecule has 0 radical (unpaired) electrons. The molecule has 1 atom stereocenters. The van der Waals surface area contributed by atoms with Gasteiger partial charge in [0.05, 0.1) is 21.9 Å². The molecular formula is C18H19F2N3O2S. The highest BCUT2D eigenvalue weighted by Crippen LogP contribution is 2.45. The molecule has 2 aromatic rings. The second kappa shape index (κ2) is 6.90. The molecule has 1 fully saturated rings. The Morgan fingerprint density at radius 2 is 2.12 bits per heavy atom. The van der Waals surface area contributed by atoms with Crippen molar-refractivity contribution in [3.8, 4) is 5.75 Å². The summed E-state index contributed by atoms with van der Waals surface area (Å²) in [5.74, 6) is 0.759. The van der Waals surface area contributed by atoms with Gasteiger partial charge in [0.15, 0.2) is 5.82 Å². The molecule has 138 valence electrons. The van der Waals surface area contributed by atoms with Crippen molar-refractivity contribution in [2.75, 3.05) is 0 Å². The topological polar surface area (TPSA) is 59.4 Å². The molecule has 8 heteroatoms. The standard InChI is InChI=1S/C18H19F2N3O2S/c1-10-21-16-14(17(24)22-23(16)12-6-2-3-7-12)15(26-10)11-5-4-8-13(9-11)25-18(19)20/h4-5,8-9,12,15,18H,2-3,6-7H2,1H3,(H,22,24)/t15-/m0/s1. The molecule has 0 unspecified atom stereocenters. The zero-order valence-electron chi connectivity index (χ0n) is 14.2. The van der Waals surface area contributed by atoms with E-state index in [-0.39, 0.29) is 22.6 Å². The SMILES string of the molecule is CC1=Nc2c(c(=O)[nH]n2C2CCCC2)[C@H](c2cccc(OC(F)F)c2)S1. The summed E-state index contributed by atoms with van der Waals surface area (Å²) in [6.07, 6.45) is 4.35. The normalized spacial score (nSPS) is 20.3. The molecule has 5 nitrogen and oxygen atoms in total.